The summed E-state index contributed by atoms with van der Waals surface area (Å²) in [7, 11) is 0. The van der Waals surface area contributed by atoms with Crippen molar-refractivity contribution in [3.63, 3.8) is 0 Å². The Labute approximate surface area is 194 Å². The van der Waals surface area contributed by atoms with Gasteiger partial charge in [-0.2, -0.15) is 0 Å². The summed E-state index contributed by atoms with van der Waals surface area (Å²) in [5, 5.41) is 22.9. The van der Waals surface area contributed by atoms with E-state index in [0.717, 1.165) is 38.3 Å². The molecule has 0 amide bonds. The molecule has 0 spiro atoms. The number of hydrogen-bond acceptors (Lipinski definition) is 7. The Bertz CT molecular complexity index is 1220. The van der Waals surface area contributed by atoms with Crippen molar-refractivity contribution in [2.75, 3.05) is 10.6 Å². The summed E-state index contributed by atoms with van der Waals surface area (Å²) in [6, 6.07) is 27.4. The SMILES string of the molecule is Oc1ccccc1C(Nc1nc(-c2ccccc2)cs1)Nc1nc(-c2ccccc2)cs1. The van der Waals surface area contributed by atoms with Crippen LogP contribution in [0.1, 0.15) is 11.7 Å². The van der Waals surface area contributed by atoms with Crippen LogP contribution in [-0.2, 0) is 0 Å². The van der Waals surface area contributed by atoms with Crippen LogP contribution in [0.2, 0.25) is 0 Å². The highest BCUT2D eigenvalue weighted by molar-refractivity contribution is 7.14. The zero-order chi connectivity index (χ0) is 21.8. The number of benzene rings is 3. The molecule has 3 aromatic carbocycles. The largest absolute Gasteiger partial charge is 0.508 e. The van der Waals surface area contributed by atoms with Gasteiger partial charge in [0.1, 0.15) is 11.9 Å². The predicted octanol–water partition coefficient (Wildman–Crippen LogP) is 6.86. The second-order valence-electron chi connectivity index (χ2n) is 7.09. The maximum atomic E-state index is 10.5. The summed E-state index contributed by atoms with van der Waals surface area (Å²) >= 11 is 3.05. The van der Waals surface area contributed by atoms with Crippen LogP contribution >= 0.6 is 22.7 Å². The molecule has 0 unspecified atom stereocenters. The van der Waals surface area contributed by atoms with Gasteiger partial charge in [-0.3, -0.25) is 0 Å². The van der Waals surface area contributed by atoms with E-state index in [1.54, 1.807) is 6.07 Å². The molecule has 0 fully saturated rings. The van der Waals surface area contributed by atoms with Crippen LogP contribution in [0.4, 0.5) is 10.3 Å². The molecule has 158 valence electrons. The summed E-state index contributed by atoms with van der Waals surface area (Å²) < 4.78 is 0. The molecule has 32 heavy (non-hydrogen) atoms. The van der Waals surface area contributed by atoms with Gasteiger partial charge in [-0.1, -0.05) is 78.9 Å². The molecule has 2 aromatic heterocycles. The highest BCUT2D eigenvalue weighted by Gasteiger charge is 2.18. The van der Waals surface area contributed by atoms with E-state index in [2.05, 4.69) is 10.6 Å². The molecule has 5 rings (SSSR count). The number of nitrogens with one attached hydrogen (secondary N) is 2. The van der Waals surface area contributed by atoms with Crippen molar-refractivity contribution in [2.24, 2.45) is 0 Å². The van der Waals surface area contributed by atoms with Gasteiger partial charge in [0.25, 0.3) is 0 Å². The molecule has 0 saturated carbocycles. The minimum Gasteiger partial charge on any atom is -0.508 e. The van der Waals surface area contributed by atoms with E-state index in [-0.39, 0.29) is 5.75 Å². The molecule has 5 nitrogen and oxygen atoms in total. The summed E-state index contributed by atoms with van der Waals surface area (Å²) in [4.78, 5) is 9.48. The molecule has 0 aliphatic rings. The fourth-order valence-corrected chi connectivity index (χ4v) is 4.83. The normalized spacial score (nSPS) is 10.9. The standard InChI is InChI=1S/C25H20N4OS2/c30-22-14-8-7-13-19(22)23(28-24-26-20(15-31-24)17-9-3-1-4-10-17)29-25-27-21(16-32-25)18-11-5-2-6-12-18/h1-16,23,30H,(H,26,28)(H,27,29). The minimum absolute atomic E-state index is 0.206. The van der Waals surface area contributed by atoms with E-state index in [1.807, 2.05) is 89.6 Å². The number of anilines is 2. The molecular weight excluding hydrogens is 436 g/mol. The third-order valence-corrected chi connectivity index (χ3v) is 6.48. The van der Waals surface area contributed by atoms with Crippen molar-refractivity contribution in [3.05, 3.63) is 101 Å². The van der Waals surface area contributed by atoms with Crippen LogP contribution < -0.4 is 10.6 Å². The van der Waals surface area contributed by atoms with Crippen molar-refractivity contribution in [2.45, 2.75) is 6.17 Å². The van der Waals surface area contributed by atoms with Gasteiger partial charge >= 0.3 is 0 Å². The summed E-state index contributed by atoms with van der Waals surface area (Å²) in [5.74, 6) is 0.206. The molecular formula is C25H20N4OS2. The molecule has 2 heterocycles. The summed E-state index contributed by atoms with van der Waals surface area (Å²) in [6.45, 7) is 0. The van der Waals surface area contributed by atoms with E-state index in [1.165, 1.54) is 22.7 Å². The third kappa shape index (κ3) is 4.49. The smallest absolute Gasteiger partial charge is 0.185 e. The number of aromatic nitrogens is 2. The molecule has 0 atom stereocenters. The molecule has 0 saturated heterocycles. The van der Waals surface area contributed by atoms with Gasteiger partial charge < -0.3 is 15.7 Å². The second kappa shape index (κ2) is 9.21. The Morgan fingerprint density at radius 1 is 0.625 bits per heavy atom. The number of aromatic hydroxyl groups is 1. The quantitative estimate of drug-likeness (QED) is 0.233. The number of rotatable bonds is 7. The number of phenols is 1. The summed E-state index contributed by atoms with van der Waals surface area (Å²) in [6.07, 6.45) is -0.402. The van der Waals surface area contributed by atoms with Gasteiger partial charge in [-0.25, -0.2) is 9.97 Å². The number of nitrogens with zero attached hydrogens (tertiary/aromatic N) is 2. The second-order valence-corrected chi connectivity index (χ2v) is 8.80. The van der Waals surface area contributed by atoms with Gasteiger partial charge in [-0.05, 0) is 6.07 Å². The van der Waals surface area contributed by atoms with Crippen LogP contribution in [0, 0.1) is 0 Å². The van der Waals surface area contributed by atoms with Gasteiger partial charge in [0.2, 0.25) is 0 Å². The number of para-hydroxylation sites is 1. The molecule has 5 aromatic rings. The third-order valence-electron chi connectivity index (χ3n) is 4.93. The lowest BCUT2D eigenvalue weighted by atomic mass is 10.1. The lowest BCUT2D eigenvalue weighted by molar-refractivity contribution is 0.466. The Morgan fingerprint density at radius 2 is 1.09 bits per heavy atom. The van der Waals surface area contributed by atoms with Crippen molar-refractivity contribution in [3.8, 4) is 28.3 Å². The van der Waals surface area contributed by atoms with Crippen LogP contribution in [0.25, 0.3) is 22.5 Å². The van der Waals surface area contributed by atoms with E-state index in [0.29, 0.717) is 0 Å². The Kier molecular flexibility index (Phi) is 5.83. The fraction of sp³-hybridized carbons (Fsp3) is 0.0400. The maximum Gasteiger partial charge on any atom is 0.185 e. The van der Waals surface area contributed by atoms with E-state index >= 15 is 0 Å². The van der Waals surface area contributed by atoms with Crippen molar-refractivity contribution in [1.82, 2.24) is 9.97 Å². The molecule has 0 aliphatic carbocycles. The number of phenolic OH excluding ortho intramolecular Hbond substituents is 1. The highest BCUT2D eigenvalue weighted by atomic mass is 32.1. The Hall–Kier alpha value is -3.68. The molecule has 0 bridgehead atoms. The average molecular weight is 457 g/mol. The van der Waals surface area contributed by atoms with E-state index in [4.69, 9.17) is 9.97 Å². The van der Waals surface area contributed by atoms with E-state index in [9.17, 15) is 5.11 Å². The topological polar surface area (TPSA) is 70.1 Å². The van der Waals surface area contributed by atoms with Gasteiger partial charge in [0.15, 0.2) is 10.3 Å². The first-order valence-corrected chi connectivity index (χ1v) is 11.8. The molecule has 7 heteroatoms. The molecule has 0 radical (unpaired) electrons. The van der Waals surface area contributed by atoms with E-state index < -0.39 is 6.17 Å². The zero-order valence-electron chi connectivity index (χ0n) is 17.0. The maximum absolute atomic E-state index is 10.5. The van der Waals surface area contributed by atoms with Crippen molar-refractivity contribution < 1.29 is 5.11 Å². The van der Waals surface area contributed by atoms with Crippen LogP contribution in [0.3, 0.4) is 0 Å². The van der Waals surface area contributed by atoms with Crippen LogP contribution in [-0.4, -0.2) is 15.1 Å². The minimum atomic E-state index is -0.402. The average Bonchev–Trinajstić information content (AvgIpc) is 3.50. The predicted molar refractivity (Wildman–Crippen MR) is 133 cm³/mol. The Morgan fingerprint density at radius 3 is 1.59 bits per heavy atom. The van der Waals surface area contributed by atoms with Crippen molar-refractivity contribution >= 4 is 32.9 Å². The zero-order valence-corrected chi connectivity index (χ0v) is 18.6. The monoisotopic (exact) mass is 456 g/mol. The number of hydrogen-bond donors (Lipinski definition) is 3. The lowest BCUT2D eigenvalue weighted by Gasteiger charge is -2.20. The first kappa shape index (κ1) is 20.2. The van der Waals surface area contributed by atoms with Gasteiger partial charge in [0.05, 0.1) is 11.4 Å². The fourth-order valence-electron chi connectivity index (χ4n) is 3.33. The van der Waals surface area contributed by atoms with Crippen molar-refractivity contribution in [1.29, 1.82) is 0 Å². The van der Waals surface area contributed by atoms with Gasteiger partial charge in [0, 0.05) is 27.5 Å². The molecule has 3 N–H and O–H groups in total. The lowest BCUT2D eigenvalue weighted by Crippen LogP contribution is -2.20. The Balaban J connectivity index is 1.42. The summed E-state index contributed by atoms with van der Waals surface area (Å²) in [5.41, 5.74) is 4.68. The number of thiazole rings is 2. The van der Waals surface area contributed by atoms with Gasteiger partial charge in [-0.15, -0.1) is 22.7 Å². The first-order valence-electron chi connectivity index (χ1n) is 10.1. The van der Waals surface area contributed by atoms with Crippen LogP contribution in [0.5, 0.6) is 5.75 Å². The van der Waals surface area contributed by atoms with Crippen LogP contribution in [0.15, 0.2) is 95.7 Å². The first-order chi connectivity index (χ1) is 15.8. The molecule has 0 aliphatic heterocycles. The highest BCUT2D eigenvalue weighted by Crippen LogP contribution is 2.33.